The molecule has 0 aliphatic carbocycles. The highest BCUT2D eigenvalue weighted by Gasteiger charge is 2.40. The first-order valence-corrected chi connectivity index (χ1v) is 19.8. The summed E-state index contributed by atoms with van der Waals surface area (Å²) in [7, 11) is 0. The van der Waals surface area contributed by atoms with Gasteiger partial charge in [-0.3, -0.25) is 9.59 Å². The molecule has 2 aromatic heterocycles. The van der Waals surface area contributed by atoms with E-state index >= 15 is 0 Å². The van der Waals surface area contributed by atoms with Gasteiger partial charge in [0.05, 0.1) is 89.7 Å². The second-order valence-corrected chi connectivity index (χ2v) is 15.9. The van der Waals surface area contributed by atoms with Crippen LogP contribution >= 0.6 is 46.7 Å². The van der Waals surface area contributed by atoms with Crippen LogP contribution in [0.4, 0.5) is 11.6 Å². The molecule has 250 valence electrons. The van der Waals surface area contributed by atoms with Crippen LogP contribution in [0, 0.1) is 11.8 Å². The van der Waals surface area contributed by atoms with Crippen molar-refractivity contribution >= 4 is 70.9 Å². The van der Waals surface area contributed by atoms with E-state index < -0.39 is 0 Å². The van der Waals surface area contributed by atoms with Crippen molar-refractivity contribution in [3.05, 3.63) is 21.4 Å². The van der Waals surface area contributed by atoms with Crippen molar-refractivity contribution < 1.29 is 18.6 Å². The summed E-state index contributed by atoms with van der Waals surface area (Å²) in [5.74, 6) is 3.08. The molecule has 14 heteroatoms. The van der Waals surface area contributed by atoms with Crippen molar-refractivity contribution in [1.29, 1.82) is 0 Å². The maximum absolute atomic E-state index is 11.8. The third-order valence-corrected chi connectivity index (χ3v) is 13.0. The van der Waals surface area contributed by atoms with E-state index in [9.17, 15) is 9.59 Å². The lowest BCUT2D eigenvalue weighted by Crippen LogP contribution is -2.62. The molecule has 2 spiro atoms. The molecule has 6 rings (SSSR count). The molecule has 0 amide bonds. The van der Waals surface area contributed by atoms with Crippen LogP contribution in [0.2, 0.25) is 10.3 Å². The Labute approximate surface area is 291 Å². The van der Waals surface area contributed by atoms with Gasteiger partial charge in [0, 0.05) is 0 Å². The Kier molecular flexibility index (Phi) is 11.0. The molecule has 0 radical (unpaired) electrons. The topological polar surface area (TPSA) is 92.2 Å². The fourth-order valence-corrected chi connectivity index (χ4v) is 9.41. The fourth-order valence-electron chi connectivity index (χ4n) is 8.18. The number of aromatic nitrogens is 4. The molecular formula is C32H46Cl2N8O2S2+2. The van der Waals surface area contributed by atoms with Crippen molar-refractivity contribution in [3.8, 4) is 0 Å². The van der Waals surface area contributed by atoms with E-state index in [1.54, 1.807) is 0 Å². The first-order valence-electron chi connectivity index (χ1n) is 16.6. The molecule has 2 aromatic rings. The molecule has 4 fully saturated rings. The van der Waals surface area contributed by atoms with Crippen LogP contribution in [0.1, 0.15) is 59.2 Å². The molecule has 0 unspecified atom stereocenters. The van der Waals surface area contributed by atoms with Gasteiger partial charge >= 0.3 is 0 Å². The molecule has 0 N–H and O–H groups in total. The Morgan fingerprint density at radius 1 is 0.630 bits per heavy atom. The summed E-state index contributed by atoms with van der Waals surface area (Å²) in [6, 6.07) is 0. The maximum Gasteiger partial charge on any atom is 0.190 e. The normalized spacial score (nSPS) is 23.2. The average Bonchev–Trinajstić information content (AvgIpc) is 3.09. The minimum Gasteiger partial charge on any atom is -0.345 e. The zero-order valence-corrected chi connectivity index (χ0v) is 30.1. The number of carbonyl (C=O) groups excluding carboxylic acids is 2. The zero-order chi connectivity index (χ0) is 32.3. The van der Waals surface area contributed by atoms with Crippen LogP contribution in [0.25, 0.3) is 0 Å². The van der Waals surface area contributed by atoms with Crippen molar-refractivity contribution in [3.63, 3.8) is 0 Å². The molecule has 0 aromatic carbocycles. The number of quaternary nitrogens is 2. The number of piperidine rings is 2. The van der Waals surface area contributed by atoms with E-state index in [4.69, 9.17) is 23.2 Å². The summed E-state index contributed by atoms with van der Waals surface area (Å²) in [4.78, 5) is 45.8. The van der Waals surface area contributed by atoms with E-state index in [1.165, 1.54) is 97.2 Å². The highest BCUT2D eigenvalue weighted by molar-refractivity contribution is 7.98. The summed E-state index contributed by atoms with van der Waals surface area (Å²) in [6.07, 6.45) is 13.5. The van der Waals surface area contributed by atoms with E-state index in [0.717, 1.165) is 76.8 Å². The summed E-state index contributed by atoms with van der Waals surface area (Å²) in [5.41, 5.74) is 0.824. The van der Waals surface area contributed by atoms with Crippen molar-refractivity contribution in [2.75, 3.05) is 101 Å². The number of nitrogens with zero attached hydrogens (tertiary/aromatic N) is 8. The number of hydrogen-bond acceptors (Lipinski definition) is 10. The van der Waals surface area contributed by atoms with E-state index in [2.05, 4.69) is 29.7 Å². The Bertz CT molecular complexity index is 1290. The number of thioether (sulfide) groups is 2. The van der Waals surface area contributed by atoms with Gasteiger partial charge in [-0.05, 0) is 62.9 Å². The van der Waals surface area contributed by atoms with Gasteiger partial charge in [0.2, 0.25) is 0 Å². The quantitative estimate of drug-likeness (QED) is 0.114. The van der Waals surface area contributed by atoms with Gasteiger partial charge in [0.25, 0.3) is 0 Å². The lowest BCUT2D eigenvalue weighted by atomic mass is 9.83. The predicted molar refractivity (Wildman–Crippen MR) is 187 cm³/mol. The summed E-state index contributed by atoms with van der Waals surface area (Å²) < 4.78 is 2.40. The smallest absolute Gasteiger partial charge is 0.190 e. The molecule has 46 heavy (non-hydrogen) atoms. The molecule has 0 bridgehead atoms. The molecule has 4 saturated heterocycles. The van der Waals surface area contributed by atoms with Crippen LogP contribution in [-0.2, 0) is 0 Å². The van der Waals surface area contributed by atoms with E-state index in [0.29, 0.717) is 33.1 Å². The maximum atomic E-state index is 11.8. The van der Waals surface area contributed by atoms with E-state index in [1.807, 2.05) is 12.5 Å². The number of carbonyl (C=O) groups is 2. The predicted octanol–water partition coefficient (Wildman–Crippen LogP) is 5.22. The Morgan fingerprint density at radius 3 is 1.28 bits per heavy atom. The monoisotopic (exact) mass is 708 g/mol. The number of piperazine rings is 2. The second-order valence-electron chi connectivity index (χ2n) is 13.6. The highest BCUT2D eigenvalue weighted by Crippen LogP contribution is 2.35. The number of anilines is 2. The van der Waals surface area contributed by atoms with Crippen molar-refractivity contribution in [1.82, 2.24) is 19.9 Å². The standard InChI is InChI=1S/C32H46Cl2N8O2S2/c1-45-31-35-27(33)25(21-43)29(37-31)39-9-17-41(18-10-39)13-5-23(6-14-41)3-4-24-7-15-42(16-8-24)19-11-40(12-20-42)30-26(22-44)28(34)36-32(38-30)46-2/h21-24H,3-20H2,1-2H3/q+2. The average molecular weight is 710 g/mol. The number of hydrogen-bond donors (Lipinski definition) is 0. The summed E-state index contributed by atoms with van der Waals surface area (Å²) in [5, 5.41) is 1.73. The van der Waals surface area contributed by atoms with Crippen LogP contribution in [-0.4, -0.2) is 133 Å². The molecule has 4 aliphatic heterocycles. The first kappa shape index (κ1) is 34.2. The van der Waals surface area contributed by atoms with Gasteiger partial charge in [-0.25, -0.2) is 19.9 Å². The van der Waals surface area contributed by atoms with Crippen LogP contribution in [0.15, 0.2) is 10.3 Å². The third kappa shape index (κ3) is 7.32. The Balaban J connectivity index is 0.932. The minimum absolute atomic E-state index is 0.250. The molecule has 6 heterocycles. The van der Waals surface area contributed by atoms with Gasteiger partial charge in [0.1, 0.15) is 21.9 Å². The van der Waals surface area contributed by atoms with Gasteiger partial charge in [0.15, 0.2) is 22.9 Å². The molecule has 4 aliphatic rings. The number of aldehydes is 2. The number of halogens is 2. The number of rotatable bonds is 9. The van der Waals surface area contributed by atoms with E-state index in [-0.39, 0.29) is 10.3 Å². The first-order chi connectivity index (χ1) is 22.3. The van der Waals surface area contributed by atoms with Gasteiger partial charge in [-0.1, -0.05) is 46.7 Å². The third-order valence-electron chi connectivity index (χ3n) is 11.3. The van der Waals surface area contributed by atoms with Crippen molar-refractivity contribution in [2.24, 2.45) is 11.8 Å². The van der Waals surface area contributed by atoms with Gasteiger partial charge < -0.3 is 18.8 Å². The zero-order valence-electron chi connectivity index (χ0n) is 27.0. The lowest BCUT2D eigenvalue weighted by molar-refractivity contribution is -0.934. The summed E-state index contributed by atoms with van der Waals surface area (Å²) in [6.45, 7) is 13.1. The lowest BCUT2D eigenvalue weighted by Gasteiger charge is -2.49. The van der Waals surface area contributed by atoms with Crippen molar-refractivity contribution in [2.45, 2.75) is 48.8 Å². The molecule has 0 saturated carbocycles. The second kappa shape index (κ2) is 14.8. The summed E-state index contributed by atoms with van der Waals surface area (Å²) >= 11 is 15.5. The molecule has 10 nitrogen and oxygen atoms in total. The Hall–Kier alpha value is -1.70. The van der Waals surface area contributed by atoms with Gasteiger partial charge in [-0.2, -0.15) is 0 Å². The van der Waals surface area contributed by atoms with Gasteiger partial charge in [-0.15, -0.1) is 0 Å². The Morgan fingerprint density at radius 2 is 0.978 bits per heavy atom. The SMILES string of the molecule is CSc1nc(Cl)c(C=O)c(N2CC[N+]3(CCC(CCC4CC[N+]5(CC4)CCN(c4nc(SC)nc(Cl)c4C=O)CC5)CC3)CC2)n1. The molecular weight excluding hydrogens is 663 g/mol. The van der Waals surface area contributed by atoms with Crippen LogP contribution < -0.4 is 9.80 Å². The largest absolute Gasteiger partial charge is 0.345 e. The highest BCUT2D eigenvalue weighted by atomic mass is 35.5. The van der Waals surface area contributed by atoms with Crippen LogP contribution in [0.5, 0.6) is 0 Å². The molecule has 0 atom stereocenters. The fraction of sp³-hybridized carbons (Fsp3) is 0.688. The van der Waals surface area contributed by atoms with Crippen LogP contribution in [0.3, 0.4) is 0 Å². The minimum atomic E-state index is 0.250.